The van der Waals surface area contributed by atoms with Crippen LogP contribution in [0.25, 0.3) is 0 Å². The van der Waals surface area contributed by atoms with Crippen LogP contribution in [0, 0.1) is 6.92 Å². The zero-order chi connectivity index (χ0) is 17.8. The van der Waals surface area contributed by atoms with Gasteiger partial charge in [0.1, 0.15) is 0 Å². The first-order chi connectivity index (χ1) is 12.0. The lowest BCUT2D eigenvalue weighted by atomic mass is 10.0. The number of amides is 1. The number of nitrogens with zero attached hydrogens (tertiary/aromatic N) is 2. The number of hydrogen-bond donors (Lipinski definition) is 0. The topological polar surface area (TPSA) is 36.7 Å². The van der Waals surface area contributed by atoms with Gasteiger partial charge >= 0.3 is 0 Å². The van der Waals surface area contributed by atoms with E-state index in [1.807, 2.05) is 4.90 Å². The highest BCUT2D eigenvalue weighted by molar-refractivity contribution is 5.91. The second-order valence-corrected chi connectivity index (χ2v) is 7.22. The van der Waals surface area contributed by atoms with Crippen molar-refractivity contribution in [3.05, 3.63) is 59.5 Å². The Bertz CT molecular complexity index is 696. The van der Waals surface area contributed by atoms with Crippen molar-refractivity contribution >= 4 is 5.91 Å². The van der Waals surface area contributed by atoms with Crippen LogP contribution in [0.15, 0.2) is 47.1 Å². The molecule has 4 nitrogen and oxygen atoms in total. The van der Waals surface area contributed by atoms with Gasteiger partial charge in [0.25, 0.3) is 5.91 Å². The fourth-order valence-electron chi connectivity index (χ4n) is 3.69. The Morgan fingerprint density at radius 1 is 1.16 bits per heavy atom. The summed E-state index contributed by atoms with van der Waals surface area (Å²) < 4.78 is 5.28. The minimum Gasteiger partial charge on any atom is -0.459 e. The van der Waals surface area contributed by atoms with Crippen LogP contribution in [0.3, 0.4) is 0 Å². The second kappa shape index (κ2) is 7.87. The van der Waals surface area contributed by atoms with Crippen LogP contribution in [0.1, 0.15) is 41.9 Å². The third-order valence-electron chi connectivity index (χ3n) is 5.10. The van der Waals surface area contributed by atoms with E-state index in [0.717, 1.165) is 32.5 Å². The molecule has 3 rings (SSSR count). The van der Waals surface area contributed by atoms with Crippen LogP contribution in [0.4, 0.5) is 0 Å². The third-order valence-corrected chi connectivity index (χ3v) is 5.10. The van der Waals surface area contributed by atoms with Crippen LogP contribution in [0.5, 0.6) is 0 Å². The number of piperazine rings is 1. The van der Waals surface area contributed by atoms with E-state index in [1.165, 1.54) is 11.1 Å². The molecule has 1 aliphatic heterocycles. The van der Waals surface area contributed by atoms with Gasteiger partial charge in [-0.05, 0) is 57.9 Å². The zero-order valence-electron chi connectivity index (χ0n) is 15.4. The van der Waals surface area contributed by atoms with E-state index in [0.29, 0.717) is 11.8 Å². The predicted octanol–water partition coefficient (Wildman–Crippen LogP) is 3.76. The van der Waals surface area contributed by atoms with Crippen molar-refractivity contribution < 1.29 is 9.21 Å². The van der Waals surface area contributed by atoms with Crippen molar-refractivity contribution in [2.75, 3.05) is 19.6 Å². The van der Waals surface area contributed by atoms with Gasteiger partial charge in [-0.3, -0.25) is 9.69 Å². The molecular formula is C21H28N2O2. The summed E-state index contributed by atoms with van der Waals surface area (Å²) in [5.41, 5.74) is 2.73. The van der Waals surface area contributed by atoms with Crippen LogP contribution < -0.4 is 0 Å². The van der Waals surface area contributed by atoms with Gasteiger partial charge in [-0.1, -0.05) is 29.8 Å². The van der Waals surface area contributed by atoms with Gasteiger partial charge in [0.05, 0.1) is 6.26 Å². The van der Waals surface area contributed by atoms with Gasteiger partial charge < -0.3 is 9.32 Å². The molecule has 1 saturated heterocycles. The highest BCUT2D eigenvalue weighted by Gasteiger charge is 2.32. The minimum atomic E-state index is 0.00348. The molecule has 0 N–H and O–H groups in total. The Balaban J connectivity index is 1.52. The van der Waals surface area contributed by atoms with Crippen molar-refractivity contribution in [1.82, 2.24) is 9.80 Å². The lowest BCUT2D eigenvalue weighted by Gasteiger charge is -2.44. The molecule has 1 amide bonds. The summed E-state index contributed by atoms with van der Waals surface area (Å²) in [7, 11) is 0. The van der Waals surface area contributed by atoms with Gasteiger partial charge in [0, 0.05) is 25.2 Å². The van der Waals surface area contributed by atoms with Crippen LogP contribution in [-0.4, -0.2) is 47.4 Å². The molecule has 0 aliphatic carbocycles. The van der Waals surface area contributed by atoms with Gasteiger partial charge in [-0.25, -0.2) is 0 Å². The molecule has 0 radical (unpaired) electrons. The van der Waals surface area contributed by atoms with Crippen molar-refractivity contribution in [1.29, 1.82) is 0 Å². The highest BCUT2D eigenvalue weighted by Crippen LogP contribution is 2.19. The number of carbonyl (C=O) groups is 1. The fourth-order valence-corrected chi connectivity index (χ4v) is 3.69. The van der Waals surface area contributed by atoms with Gasteiger partial charge in [0.2, 0.25) is 0 Å². The Morgan fingerprint density at radius 2 is 2.00 bits per heavy atom. The van der Waals surface area contributed by atoms with E-state index in [4.69, 9.17) is 4.42 Å². The summed E-state index contributed by atoms with van der Waals surface area (Å²) in [6.07, 6.45) is 3.81. The molecule has 2 aromatic rings. The van der Waals surface area contributed by atoms with Gasteiger partial charge in [-0.2, -0.15) is 0 Å². The van der Waals surface area contributed by atoms with Crippen molar-refractivity contribution in [2.45, 2.75) is 45.7 Å². The van der Waals surface area contributed by atoms with E-state index < -0.39 is 0 Å². The normalized spacial score (nSPS) is 21.5. The third kappa shape index (κ3) is 4.31. The molecule has 2 atom stereocenters. The standard InChI is InChI=1S/C21H28N2O2/c1-16-7-4-8-19(13-16)9-5-11-22-14-18(3)23(15-17(22)2)21(24)20-10-6-12-25-20/h4,6-8,10,12-13,17-18H,5,9,11,14-15H2,1-3H3/t17-,18+/m1/s1. The summed E-state index contributed by atoms with van der Waals surface area (Å²) in [5.74, 6) is 0.440. The zero-order valence-corrected chi connectivity index (χ0v) is 15.4. The maximum Gasteiger partial charge on any atom is 0.289 e. The molecule has 1 aromatic carbocycles. The van der Waals surface area contributed by atoms with Crippen molar-refractivity contribution in [2.24, 2.45) is 0 Å². The van der Waals surface area contributed by atoms with Crippen molar-refractivity contribution in [3.8, 4) is 0 Å². The number of carbonyl (C=O) groups excluding carboxylic acids is 1. The first-order valence-corrected chi connectivity index (χ1v) is 9.18. The highest BCUT2D eigenvalue weighted by atomic mass is 16.3. The summed E-state index contributed by atoms with van der Waals surface area (Å²) in [6.45, 7) is 9.22. The number of aryl methyl sites for hydroxylation is 2. The smallest absolute Gasteiger partial charge is 0.289 e. The van der Waals surface area contributed by atoms with Crippen LogP contribution in [0.2, 0.25) is 0 Å². The molecule has 0 unspecified atom stereocenters. The number of rotatable bonds is 5. The minimum absolute atomic E-state index is 0.00348. The number of benzene rings is 1. The molecule has 2 heterocycles. The van der Waals surface area contributed by atoms with Gasteiger partial charge in [-0.15, -0.1) is 0 Å². The maximum atomic E-state index is 12.6. The number of hydrogen-bond acceptors (Lipinski definition) is 3. The molecule has 4 heteroatoms. The first-order valence-electron chi connectivity index (χ1n) is 9.18. The van der Waals surface area contributed by atoms with Crippen molar-refractivity contribution in [3.63, 3.8) is 0 Å². The molecular weight excluding hydrogens is 312 g/mol. The number of furan rings is 1. The molecule has 0 bridgehead atoms. The molecule has 1 fully saturated rings. The second-order valence-electron chi connectivity index (χ2n) is 7.22. The Morgan fingerprint density at radius 3 is 2.72 bits per heavy atom. The van der Waals surface area contributed by atoms with Crippen LogP contribution in [-0.2, 0) is 6.42 Å². The Hall–Kier alpha value is -2.07. The summed E-state index contributed by atoms with van der Waals surface area (Å²) >= 11 is 0. The van der Waals surface area contributed by atoms with E-state index in [-0.39, 0.29) is 11.9 Å². The van der Waals surface area contributed by atoms with E-state index in [2.05, 4.69) is 49.9 Å². The quantitative estimate of drug-likeness (QED) is 0.832. The summed E-state index contributed by atoms with van der Waals surface area (Å²) in [5, 5.41) is 0. The largest absolute Gasteiger partial charge is 0.459 e. The molecule has 134 valence electrons. The van der Waals surface area contributed by atoms with E-state index >= 15 is 0 Å². The maximum absolute atomic E-state index is 12.6. The average Bonchev–Trinajstić information content (AvgIpc) is 3.11. The van der Waals surface area contributed by atoms with Crippen LogP contribution >= 0.6 is 0 Å². The molecule has 25 heavy (non-hydrogen) atoms. The fraction of sp³-hybridized carbons (Fsp3) is 0.476. The average molecular weight is 340 g/mol. The SMILES string of the molecule is Cc1cccc(CCCN2C[C@H](C)N(C(=O)c3ccco3)C[C@H]2C)c1. The first kappa shape index (κ1) is 17.7. The molecule has 1 aromatic heterocycles. The van der Waals surface area contributed by atoms with E-state index in [9.17, 15) is 4.79 Å². The predicted molar refractivity (Wildman–Crippen MR) is 99.7 cm³/mol. The molecule has 0 saturated carbocycles. The summed E-state index contributed by atoms with van der Waals surface area (Å²) in [6, 6.07) is 12.8. The Kier molecular flexibility index (Phi) is 5.59. The monoisotopic (exact) mass is 340 g/mol. The van der Waals surface area contributed by atoms with Gasteiger partial charge in [0.15, 0.2) is 5.76 Å². The molecule has 0 spiro atoms. The lowest BCUT2D eigenvalue weighted by molar-refractivity contribution is 0.0290. The summed E-state index contributed by atoms with van der Waals surface area (Å²) in [4.78, 5) is 17.0. The lowest BCUT2D eigenvalue weighted by Crippen LogP contribution is -2.58. The Labute approximate surface area is 150 Å². The molecule has 1 aliphatic rings. The van der Waals surface area contributed by atoms with E-state index in [1.54, 1.807) is 18.4 Å².